The summed E-state index contributed by atoms with van der Waals surface area (Å²) >= 11 is 1.60. The van der Waals surface area contributed by atoms with E-state index in [1.54, 1.807) is 11.8 Å². The van der Waals surface area contributed by atoms with Gasteiger partial charge in [-0.3, -0.25) is 4.79 Å². The lowest BCUT2D eigenvalue weighted by atomic mass is 10.0. The quantitative estimate of drug-likeness (QED) is 0.632. The van der Waals surface area contributed by atoms with Gasteiger partial charge < -0.3 is 15.1 Å². The van der Waals surface area contributed by atoms with Crippen LogP contribution in [0.5, 0.6) is 0 Å². The number of halogens is 1. The monoisotopic (exact) mass is 479 g/mol. The Kier molecular flexibility index (Phi) is 6.57. The van der Waals surface area contributed by atoms with Gasteiger partial charge in [0.25, 0.3) is 0 Å². The summed E-state index contributed by atoms with van der Waals surface area (Å²) in [5.74, 6) is -0.0165. The van der Waals surface area contributed by atoms with Gasteiger partial charge in [0.2, 0.25) is 11.9 Å². The molecule has 2 aliphatic rings. The summed E-state index contributed by atoms with van der Waals surface area (Å²) < 4.78 is 37.6. The number of thioether (sulfide) groups is 1. The van der Waals surface area contributed by atoms with Crippen molar-refractivity contribution < 1.29 is 17.6 Å². The summed E-state index contributed by atoms with van der Waals surface area (Å²) in [6.07, 6.45) is 8.88. The molecule has 2 aromatic rings. The summed E-state index contributed by atoms with van der Waals surface area (Å²) in [5.41, 5.74) is 0.137. The van der Waals surface area contributed by atoms with Crippen molar-refractivity contribution in [2.45, 2.75) is 41.1 Å². The molecule has 1 aromatic heterocycles. The molecule has 0 radical (unpaired) electrons. The molecule has 0 bridgehead atoms. The minimum atomic E-state index is -3.49. The summed E-state index contributed by atoms with van der Waals surface area (Å²) in [5, 5.41) is 2.96. The van der Waals surface area contributed by atoms with Gasteiger partial charge in [-0.2, -0.15) is 0 Å². The minimum absolute atomic E-state index is 0.0457. The Hall–Kier alpha value is -2.40. The number of benzene rings is 1. The first kappa shape index (κ1) is 22.8. The van der Waals surface area contributed by atoms with Crippen molar-refractivity contribution >= 4 is 39.1 Å². The first-order valence-electron chi connectivity index (χ1n) is 10.4. The van der Waals surface area contributed by atoms with Crippen LogP contribution in [0.3, 0.4) is 0 Å². The van der Waals surface area contributed by atoms with Gasteiger partial charge >= 0.3 is 0 Å². The third kappa shape index (κ3) is 4.83. The Bertz CT molecular complexity index is 1090. The molecule has 2 aliphatic heterocycles. The fourth-order valence-electron chi connectivity index (χ4n) is 4.19. The predicted molar refractivity (Wildman–Crippen MR) is 122 cm³/mol. The van der Waals surface area contributed by atoms with Crippen molar-refractivity contribution in [3.8, 4) is 0 Å². The van der Waals surface area contributed by atoms with E-state index in [-0.39, 0.29) is 22.5 Å². The van der Waals surface area contributed by atoms with Gasteiger partial charge in [0, 0.05) is 49.2 Å². The Labute approximate surface area is 191 Å². The molecule has 1 atom stereocenters. The van der Waals surface area contributed by atoms with Crippen LogP contribution in [-0.4, -0.2) is 73.4 Å². The highest BCUT2D eigenvalue weighted by Gasteiger charge is 2.37. The lowest BCUT2D eigenvalue weighted by molar-refractivity contribution is -0.130. The van der Waals surface area contributed by atoms with Gasteiger partial charge in [0.1, 0.15) is 11.9 Å². The molecule has 0 aliphatic carbocycles. The average Bonchev–Trinajstić information content (AvgIpc) is 3.14. The predicted octanol–water partition coefficient (Wildman–Crippen LogP) is 2.42. The van der Waals surface area contributed by atoms with E-state index < -0.39 is 21.7 Å². The minimum Gasteiger partial charge on any atom is -0.371 e. The molecule has 8 nitrogen and oxygen atoms in total. The van der Waals surface area contributed by atoms with Gasteiger partial charge in [-0.25, -0.2) is 22.8 Å². The van der Waals surface area contributed by atoms with Gasteiger partial charge in [-0.15, -0.1) is 11.8 Å². The lowest BCUT2D eigenvalue weighted by Crippen LogP contribution is -2.47. The molecule has 4 rings (SSSR count). The van der Waals surface area contributed by atoms with E-state index >= 15 is 0 Å². The van der Waals surface area contributed by atoms with Crippen LogP contribution in [0.1, 0.15) is 19.3 Å². The topological polar surface area (TPSA) is 95.5 Å². The maximum Gasteiger partial charge on any atom is 0.245 e. The molecular formula is C21H26FN5O3S2. The number of carbonyl (C=O) groups is 1. The highest BCUT2D eigenvalue weighted by molar-refractivity contribution is 7.98. The number of aromatic nitrogens is 2. The number of anilines is 2. The molecule has 1 amide bonds. The second kappa shape index (κ2) is 9.22. The first-order valence-corrected chi connectivity index (χ1v) is 13.6. The van der Waals surface area contributed by atoms with Crippen molar-refractivity contribution in [1.29, 1.82) is 0 Å². The first-order chi connectivity index (χ1) is 15.3. The fraction of sp³-hybridized carbons (Fsp3) is 0.476. The SMILES string of the molecule is CSc1cnc(N2CCC(N3CC[C@H](Nc4ccc(S(C)(=O)=O)cc4F)C3=O)CC2)nc1. The van der Waals surface area contributed by atoms with Crippen LogP contribution >= 0.6 is 11.8 Å². The van der Waals surface area contributed by atoms with Gasteiger partial charge in [0.05, 0.1) is 10.6 Å². The van der Waals surface area contributed by atoms with Crippen LogP contribution in [0.25, 0.3) is 0 Å². The lowest BCUT2D eigenvalue weighted by Gasteiger charge is -2.36. The van der Waals surface area contributed by atoms with Crippen LogP contribution in [0.2, 0.25) is 0 Å². The maximum atomic E-state index is 14.4. The zero-order chi connectivity index (χ0) is 22.9. The second-order valence-electron chi connectivity index (χ2n) is 8.07. The highest BCUT2D eigenvalue weighted by atomic mass is 32.2. The van der Waals surface area contributed by atoms with Crippen molar-refractivity contribution in [2.75, 3.05) is 42.4 Å². The molecule has 1 aromatic carbocycles. The van der Waals surface area contributed by atoms with Crippen LogP contribution in [-0.2, 0) is 14.6 Å². The number of likely N-dealkylation sites (tertiary alicyclic amines) is 1. The zero-order valence-electron chi connectivity index (χ0n) is 18.0. The van der Waals surface area contributed by atoms with Crippen molar-refractivity contribution in [1.82, 2.24) is 14.9 Å². The van der Waals surface area contributed by atoms with E-state index in [4.69, 9.17) is 0 Å². The fourth-order valence-corrected chi connectivity index (χ4v) is 5.13. The summed E-state index contributed by atoms with van der Waals surface area (Å²) in [7, 11) is -3.49. The van der Waals surface area contributed by atoms with E-state index in [0.29, 0.717) is 18.9 Å². The number of piperidine rings is 1. The van der Waals surface area contributed by atoms with E-state index in [2.05, 4.69) is 20.2 Å². The maximum absolute atomic E-state index is 14.4. The van der Waals surface area contributed by atoms with Crippen LogP contribution in [0.15, 0.2) is 40.4 Å². The molecule has 32 heavy (non-hydrogen) atoms. The summed E-state index contributed by atoms with van der Waals surface area (Å²) in [6.45, 7) is 2.16. The molecule has 0 unspecified atom stereocenters. The normalized spacial score (nSPS) is 20.1. The molecule has 2 fully saturated rings. The van der Waals surface area contributed by atoms with E-state index in [1.807, 2.05) is 23.5 Å². The van der Waals surface area contributed by atoms with Crippen molar-refractivity contribution in [2.24, 2.45) is 0 Å². The summed E-state index contributed by atoms with van der Waals surface area (Å²) in [6, 6.07) is 3.32. The molecule has 3 heterocycles. The Morgan fingerprint density at radius 2 is 1.81 bits per heavy atom. The van der Waals surface area contributed by atoms with E-state index in [0.717, 1.165) is 43.1 Å². The van der Waals surface area contributed by atoms with Gasteiger partial charge in [-0.1, -0.05) is 0 Å². The van der Waals surface area contributed by atoms with Crippen molar-refractivity contribution in [3.05, 3.63) is 36.4 Å². The number of nitrogens with zero attached hydrogens (tertiary/aromatic N) is 4. The average molecular weight is 480 g/mol. The Morgan fingerprint density at radius 3 is 2.41 bits per heavy atom. The van der Waals surface area contributed by atoms with Crippen LogP contribution < -0.4 is 10.2 Å². The third-order valence-electron chi connectivity index (χ3n) is 5.98. The van der Waals surface area contributed by atoms with Crippen molar-refractivity contribution in [3.63, 3.8) is 0 Å². The molecule has 11 heteroatoms. The molecule has 0 saturated carbocycles. The van der Waals surface area contributed by atoms with Crippen LogP contribution in [0.4, 0.5) is 16.0 Å². The smallest absolute Gasteiger partial charge is 0.245 e. The molecule has 1 N–H and O–H groups in total. The molecule has 172 valence electrons. The highest BCUT2D eigenvalue weighted by Crippen LogP contribution is 2.27. The standard InChI is InChI=1S/C21H26FN5O3S2/c1-31-15-12-23-21(24-13-15)26-8-5-14(6-9-26)27-10-7-19(20(27)28)25-18-4-3-16(11-17(18)22)32(2,29)30/h3-4,11-14,19,25H,5-10H2,1-2H3/t19-/m0/s1. The number of amides is 1. The number of sulfone groups is 1. The Balaban J connectivity index is 1.35. The van der Waals surface area contributed by atoms with Crippen LogP contribution in [0, 0.1) is 5.82 Å². The van der Waals surface area contributed by atoms with Gasteiger partial charge in [-0.05, 0) is 43.7 Å². The number of hydrogen-bond acceptors (Lipinski definition) is 8. The zero-order valence-corrected chi connectivity index (χ0v) is 19.6. The summed E-state index contributed by atoms with van der Waals surface area (Å²) in [4.78, 5) is 26.8. The number of carbonyl (C=O) groups excluding carboxylic acids is 1. The van der Waals surface area contributed by atoms with E-state index in [9.17, 15) is 17.6 Å². The molecule has 2 saturated heterocycles. The van der Waals surface area contributed by atoms with E-state index in [1.165, 1.54) is 12.1 Å². The van der Waals surface area contributed by atoms with Gasteiger partial charge in [0.15, 0.2) is 9.84 Å². The molecular weight excluding hydrogens is 453 g/mol. The third-order valence-corrected chi connectivity index (χ3v) is 7.77. The largest absolute Gasteiger partial charge is 0.371 e. The Morgan fingerprint density at radius 1 is 1.12 bits per heavy atom. The number of nitrogens with one attached hydrogen (secondary N) is 1. The number of hydrogen-bond donors (Lipinski definition) is 1. The molecule has 0 spiro atoms. The second-order valence-corrected chi connectivity index (χ2v) is 11.0. The number of rotatable bonds is 6.